The third kappa shape index (κ3) is 2.44. The van der Waals surface area contributed by atoms with Gasteiger partial charge < -0.3 is 9.73 Å². The lowest BCUT2D eigenvalue weighted by Gasteiger charge is -2.11. The smallest absolute Gasteiger partial charge is 0.251 e. The van der Waals surface area contributed by atoms with Gasteiger partial charge in [0.2, 0.25) is 5.89 Å². The molecular weight excluding hydrogens is 247 g/mol. The van der Waals surface area contributed by atoms with Crippen molar-refractivity contribution in [3.63, 3.8) is 0 Å². The minimum absolute atomic E-state index is 0.304. The third-order valence-corrected chi connectivity index (χ3v) is 2.25. The van der Waals surface area contributed by atoms with E-state index in [0.717, 1.165) is 0 Å². The molecule has 4 nitrogen and oxygen atoms in total. The Morgan fingerprint density at radius 1 is 1.28 bits per heavy atom. The standard InChI is InChI=1S/C11H10F3N3O/c1-5-4-15-11(18-5)6(2)16-10-8(13)3-7(12)9(14)17-10/h3-4,6H,1-2H3,(H,16,17). The molecule has 0 amide bonds. The Hall–Kier alpha value is -2.05. The van der Waals surface area contributed by atoms with Gasteiger partial charge in [-0.15, -0.1) is 0 Å². The fourth-order valence-electron chi connectivity index (χ4n) is 1.38. The van der Waals surface area contributed by atoms with Crippen LogP contribution in [0.2, 0.25) is 0 Å². The number of nitrogens with one attached hydrogen (secondary N) is 1. The topological polar surface area (TPSA) is 51.0 Å². The van der Waals surface area contributed by atoms with Crippen LogP contribution in [0.15, 0.2) is 16.7 Å². The first-order valence-corrected chi connectivity index (χ1v) is 5.17. The van der Waals surface area contributed by atoms with Crippen LogP contribution in [0.5, 0.6) is 0 Å². The van der Waals surface area contributed by atoms with E-state index in [4.69, 9.17) is 4.42 Å². The number of aryl methyl sites for hydroxylation is 1. The van der Waals surface area contributed by atoms with Crippen molar-refractivity contribution in [1.29, 1.82) is 0 Å². The van der Waals surface area contributed by atoms with Gasteiger partial charge in [-0.1, -0.05) is 0 Å². The average molecular weight is 257 g/mol. The number of nitrogens with zero attached hydrogens (tertiary/aromatic N) is 2. The molecule has 96 valence electrons. The first-order valence-electron chi connectivity index (χ1n) is 5.17. The molecule has 1 N–H and O–H groups in total. The maximum Gasteiger partial charge on any atom is 0.251 e. The predicted molar refractivity (Wildman–Crippen MR) is 57.4 cm³/mol. The van der Waals surface area contributed by atoms with Gasteiger partial charge in [-0.25, -0.2) is 13.8 Å². The molecule has 0 saturated carbocycles. The Kier molecular flexibility index (Phi) is 3.22. The molecule has 0 aliphatic heterocycles. The van der Waals surface area contributed by atoms with E-state index in [1.807, 2.05) is 0 Å². The molecule has 0 saturated heterocycles. The first-order chi connectivity index (χ1) is 8.47. The third-order valence-electron chi connectivity index (χ3n) is 2.25. The lowest BCUT2D eigenvalue weighted by molar-refractivity contribution is 0.447. The van der Waals surface area contributed by atoms with Crippen molar-refractivity contribution >= 4 is 5.82 Å². The quantitative estimate of drug-likeness (QED) is 0.859. The normalized spacial score (nSPS) is 12.5. The second kappa shape index (κ2) is 4.67. The fraction of sp³-hybridized carbons (Fsp3) is 0.273. The number of oxazole rings is 1. The van der Waals surface area contributed by atoms with Gasteiger partial charge in [0, 0.05) is 6.07 Å². The minimum atomic E-state index is -1.37. The minimum Gasteiger partial charge on any atom is -0.444 e. The predicted octanol–water partition coefficient (Wildman–Crippen LogP) is 2.97. The van der Waals surface area contributed by atoms with Crippen molar-refractivity contribution in [3.05, 3.63) is 41.5 Å². The number of rotatable bonds is 3. The summed E-state index contributed by atoms with van der Waals surface area (Å²) in [5.41, 5.74) is 0. The van der Waals surface area contributed by atoms with Gasteiger partial charge in [-0.05, 0) is 13.8 Å². The Bertz CT molecular complexity index is 571. The summed E-state index contributed by atoms with van der Waals surface area (Å²) in [4.78, 5) is 7.08. The van der Waals surface area contributed by atoms with Crippen molar-refractivity contribution in [2.75, 3.05) is 5.32 Å². The Labute approximate surface area is 101 Å². The molecule has 2 heterocycles. The summed E-state index contributed by atoms with van der Waals surface area (Å²) in [6.07, 6.45) is 1.50. The molecule has 1 atom stereocenters. The lowest BCUT2D eigenvalue weighted by atomic mass is 10.3. The van der Waals surface area contributed by atoms with Crippen molar-refractivity contribution in [2.24, 2.45) is 0 Å². The van der Waals surface area contributed by atoms with Crippen LogP contribution in [0.3, 0.4) is 0 Å². The SMILES string of the molecule is Cc1cnc(C(C)Nc2nc(F)c(F)cc2F)o1. The van der Waals surface area contributed by atoms with Crippen LogP contribution in [0.4, 0.5) is 19.0 Å². The van der Waals surface area contributed by atoms with Crippen molar-refractivity contribution in [2.45, 2.75) is 19.9 Å². The van der Waals surface area contributed by atoms with Gasteiger partial charge in [0.05, 0.1) is 6.20 Å². The van der Waals surface area contributed by atoms with E-state index in [2.05, 4.69) is 15.3 Å². The van der Waals surface area contributed by atoms with Crippen molar-refractivity contribution < 1.29 is 17.6 Å². The van der Waals surface area contributed by atoms with Gasteiger partial charge in [0.25, 0.3) is 5.95 Å². The number of halogens is 3. The summed E-state index contributed by atoms with van der Waals surface area (Å²) in [6, 6.07) is -0.0939. The largest absolute Gasteiger partial charge is 0.444 e. The number of hydrogen-bond donors (Lipinski definition) is 1. The van der Waals surface area contributed by atoms with Crippen LogP contribution >= 0.6 is 0 Å². The second-order valence-electron chi connectivity index (χ2n) is 3.77. The summed E-state index contributed by atoms with van der Waals surface area (Å²) in [5, 5.41) is 2.56. The van der Waals surface area contributed by atoms with E-state index < -0.39 is 29.4 Å². The summed E-state index contributed by atoms with van der Waals surface area (Å²) in [7, 11) is 0. The summed E-state index contributed by atoms with van der Waals surface area (Å²) >= 11 is 0. The molecule has 0 bridgehead atoms. The van der Waals surface area contributed by atoms with Crippen LogP contribution in [-0.4, -0.2) is 9.97 Å². The van der Waals surface area contributed by atoms with Crippen LogP contribution in [-0.2, 0) is 0 Å². The highest BCUT2D eigenvalue weighted by molar-refractivity contribution is 5.37. The van der Waals surface area contributed by atoms with Crippen molar-refractivity contribution in [3.8, 4) is 0 Å². The van der Waals surface area contributed by atoms with E-state index in [1.165, 1.54) is 6.20 Å². The highest BCUT2D eigenvalue weighted by Gasteiger charge is 2.16. The number of anilines is 1. The number of pyridine rings is 1. The van der Waals surface area contributed by atoms with Crippen molar-refractivity contribution in [1.82, 2.24) is 9.97 Å². The highest BCUT2D eigenvalue weighted by Crippen LogP contribution is 2.21. The molecule has 2 aromatic rings. The summed E-state index contributed by atoms with van der Waals surface area (Å²) < 4.78 is 44.1. The van der Waals surface area contributed by atoms with E-state index in [0.29, 0.717) is 17.7 Å². The van der Waals surface area contributed by atoms with E-state index in [-0.39, 0.29) is 0 Å². The highest BCUT2D eigenvalue weighted by atomic mass is 19.2. The zero-order chi connectivity index (χ0) is 13.3. The van der Waals surface area contributed by atoms with Crippen LogP contribution in [0.25, 0.3) is 0 Å². The molecule has 0 aromatic carbocycles. The van der Waals surface area contributed by atoms with Gasteiger partial charge in [0.1, 0.15) is 11.8 Å². The molecule has 2 aromatic heterocycles. The molecule has 0 radical (unpaired) electrons. The molecule has 0 aliphatic rings. The van der Waals surface area contributed by atoms with Gasteiger partial charge in [-0.2, -0.15) is 9.37 Å². The van der Waals surface area contributed by atoms with Crippen LogP contribution in [0.1, 0.15) is 24.6 Å². The number of hydrogen-bond acceptors (Lipinski definition) is 4. The molecule has 0 aliphatic carbocycles. The molecule has 7 heteroatoms. The molecule has 0 fully saturated rings. The zero-order valence-electron chi connectivity index (χ0n) is 9.67. The van der Waals surface area contributed by atoms with E-state index in [1.54, 1.807) is 13.8 Å². The Balaban J connectivity index is 2.21. The van der Waals surface area contributed by atoms with Gasteiger partial charge in [0.15, 0.2) is 17.5 Å². The molecule has 1 unspecified atom stereocenters. The number of aromatic nitrogens is 2. The monoisotopic (exact) mass is 257 g/mol. The first kappa shape index (κ1) is 12.4. The Morgan fingerprint density at radius 2 is 2.00 bits per heavy atom. The second-order valence-corrected chi connectivity index (χ2v) is 3.77. The van der Waals surface area contributed by atoms with Crippen LogP contribution in [0, 0.1) is 24.5 Å². The lowest BCUT2D eigenvalue weighted by Crippen LogP contribution is -2.11. The average Bonchev–Trinajstić information content (AvgIpc) is 2.73. The zero-order valence-corrected chi connectivity index (χ0v) is 9.67. The van der Waals surface area contributed by atoms with E-state index >= 15 is 0 Å². The van der Waals surface area contributed by atoms with E-state index in [9.17, 15) is 13.2 Å². The van der Waals surface area contributed by atoms with Gasteiger partial charge >= 0.3 is 0 Å². The molecule has 2 rings (SSSR count). The van der Waals surface area contributed by atoms with Gasteiger partial charge in [-0.3, -0.25) is 0 Å². The maximum atomic E-state index is 13.3. The summed E-state index contributed by atoms with van der Waals surface area (Å²) in [5.74, 6) is -3.18. The maximum absolute atomic E-state index is 13.3. The Morgan fingerprint density at radius 3 is 2.61 bits per heavy atom. The molecular formula is C11H10F3N3O. The molecule has 18 heavy (non-hydrogen) atoms. The fourth-order valence-corrected chi connectivity index (χ4v) is 1.38. The summed E-state index contributed by atoms with van der Waals surface area (Å²) in [6.45, 7) is 3.34. The van der Waals surface area contributed by atoms with Crippen LogP contribution < -0.4 is 5.32 Å². The molecule has 0 spiro atoms.